The van der Waals surface area contributed by atoms with E-state index < -0.39 is 0 Å². The van der Waals surface area contributed by atoms with Crippen LogP contribution < -0.4 is 5.32 Å². The summed E-state index contributed by atoms with van der Waals surface area (Å²) in [4.78, 5) is 2.74. The van der Waals surface area contributed by atoms with E-state index in [2.05, 4.69) is 24.1 Å². The average molecular weight is 268 g/mol. The van der Waals surface area contributed by atoms with E-state index >= 15 is 0 Å². The predicted octanol–water partition coefficient (Wildman–Crippen LogP) is 2.66. The van der Waals surface area contributed by atoms with Gasteiger partial charge in [0.05, 0.1) is 6.61 Å². The maximum absolute atomic E-state index is 5.82. The maximum Gasteiger partial charge on any atom is 0.0546 e. The molecule has 0 amide bonds. The third kappa shape index (κ3) is 4.17. The standard InChI is InChI=1S/C16H32N2O/c1-3-17-12-16(10-7-11-19-14-16)13-18(4-2)15-8-5-6-9-15/h15,17H,3-14H2,1-2H3. The second-order valence-electron chi connectivity index (χ2n) is 6.44. The van der Waals surface area contributed by atoms with Gasteiger partial charge in [0.25, 0.3) is 0 Å². The molecule has 1 atom stereocenters. The first-order chi connectivity index (χ1) is 9.29. The first kappa shape index (κ1) is 15.3. The molecule has 3 nitrogen and oxygen atoms in total. The SMILES string of the molecule is CCNCC1(CN(CC)C2CCCC2)CCCOC1. The smallest absolute Gasteiger partial charge is 0.0546 e. The lowest BCUT2D eigenvalue weighted by Gasteiger charge is -2.42. The Morgan fingerprint density at radius 3 is 2.58 bits per heavy atom. The quantitative estimate of drug-likeness (QED) is 0.768. The van der Waals surface area contributed by atoms with Gasteiger partial charge in [-0.25, -0.2) is 0 Å². The molecule has 0 bridgehead atoms. The van der Waals surface area contributed by atoms with Crippen LogP contribution >= 0.6 is 0 Å². The molecular weight excluding hydrogens is 236 g/mol. The fraction of sp³-hybridized carbons (Fsp3) is 1.00. The predicted molar refractivity (Wildman–Crippen MR) is 80.5 cm³/mol. The molecule has 3 heteroatoms. The van der Waals surface area contributed by atoms with Gasteiger partial charge in [-0.05, 0) is 38.8 Å². The van der Waals surface area contributed by atoms with Gasteiger partial charge < -0.3 is 10.1 Å². The van der Waals surface area contributed by atoms with Crippen molar-refractivity contribution in [1.29, 1.82) is 0 Å². The highest BCUT2D eigenvalue weighted by Gasteiger charge is 2.36. The van der Waals surface area contributed by atoms with Gasteiger partial charge in [0.15, 0.2) is 0 Å². The van der Waals surface area contributed by atoms with Crippen molar-refractivity contribution in [2.75, 3.05) is 39.4 Å². The van der Waals surface area contributed by atoms with Crippen LogP contribution in [0, 0.1) is 5.41 Å². The van der Waals surface area contributed by atoms with Gasteiger partial charge in [-0.15, -0.1) is 0 Å². The Morgan fingerprint density at radius 1 is 1.21 bits per heavy atom. The van der Waals surface area contributed by atoms with E-state index in [1.165, 1.54) is 51.6 Å². The molecule has 0 aromatic rings. The van der Waals surface area contributed by atoms with Gasteiger partial charge in [-0.1, -0.05) is 26.7 Å². The van der Waals surface area contributed by atoms with Crippen molar-refractivity contribution < 1.29 is 4.74 Å². The molecule has 1 heterocycles. The third-order valence-electron chi connectivity index (χ3n) is 4.94. The third-order valence-corrected chi connectivity index (χ3v) is 4.94. The minimum atomic E-state index is 0.354. The molecule has 2 fully saturated rings. The minimum absolute atomic E-state index is 0.354. The second kappa shape index (κ2) is 7.61. The Morgan fingerprint density at radius 2 is 2.00 bits per heavy atom. The van der Waals surface area contributed by atoms with Crippen molar-refractivity contribution in [3.8, 4) is 0 Å². The zero-order valence-electron chi connectivity index (χ0n) is 12.9. The maximum atomic E-state index is 5.82. The summed E-state index contributed by atoms with van der Waals surface area (Å²) in [5, 5.41) is 3.57. The van der Waals surface area contributed by atoms with Crippen LogP contribution in [0.4, 0.5) is 0 Å². The van der Waals surface area contributed by atoms with Crippen molar-refractivity contribution in [3.63, 3.8) is 0 Å². The van der Waals surface area contributed by atoms with Crippen LogP contribution in [-0.4, -0.2) is 50.3 Å². The van der Waals surface area contributed by atoms with Crippen LogP contribution in [0.2, 0.25) is 0 Å². The van der Waals surface area contributed by atoms with Crippen LogP contribution in [0.1, 0.15) is 52.4 Å². The van der Waals surface area contributed by atoms with Gasteiger partial charge >= 0.3 is 0 Å². The molecule has 0 aromatic carbocycles. The van der Waals surface area contributed by atoms with Crippen molar-refractivity contribution >= 4 is 0 Å². The summed E-state index contributed by atoms with van der Waals surface area (Å²) >= 11 is 0. The van der Waals surface area contributed by atoms with Crippen molar-refractivity contribution in [3.05, 3.63) is 0 Å². The molecule has 0 aromatic heterocycles. The first-order valence-corrected chi connectivity index (χ1v) is 8.32. The van der Waals surface area contributed by atoms with E-state index in [0.29, 0.717) is 5.41 Å². The van der Waals surface area contributed by atoms with Crippen LogP contribution in [-0.2, 0) is 4.74 Å². The lowest BCUT2D eigenvalue weighted by atomic mass is 9.81. The highest BCUT2D eigenvalue weighted by Crippen LogP contribution is 2.32. The van der Waals surface area contributed by atoms with E-state index in [-0.39, 0.29) is 0 Å². The zero-order chi connectivity index (χ0) is 13.6. The van der Waals surface area contributed by atoms with Crippen molar-refractivity contribution in [1.82, 2.24) is 10.2 Å². The van der Waals surface area contributed by atoms with Gasteiger partial charge in [0.1, 0.15) is 0 Å². The summed E-state index contributed by atoms with van der Waals surface area (Å²) in [6.07, 6.45) is 8.23. The second-order valence-corrected chi connectivity index (χ2v) is 6.44. The Balaban J connectivity index is 1.96. The molecule has 1 aliphatic carbocycles. The molecule has 112 valence electrons. The Labute approximate surface area is 119 Å². The molecule has 2 aliphatic rings. The molecule has 1 unspecified atom stereocenters. The summed E-state index contributed by atoms with van der Waals surface area (Å²) in [7, 11) is 0. The number of nitrogens with one attached hydrogen (secondary N) is 1. The summed E-state index contributed by atoms with van der Waals surface area (Å²) < 4.78 is 5.82. The van der Waals surface area contributed by atoms with Gasteiger partial charge in [0.2, 0.25) is 0 Å². The van der Waals surface area contributed by atoms with E-state index in [1.807, 2.05) is 0 Å². The number of hydrogen-bond donors (Lipinski definition) is 1. The van der Waals surface area contributed by atoms with Gasteiger partial charge in [-0.3, -0.25) is 4.90 Å². The van der Waals surface area contributed by atoms with Crippen molar-refractivity contribution in [2.45, 2.75) is 58.4 Å². The monoisotopic (exact) mass is 268 g/mol. The Kier molecular flexibility index (Phi) is 6.11. The van der Waals surface area contributed by atoms with E-state index in [4.69, 9.17) is 4.74 Å². The topological polar surface area (TPSA) is 24.5 Å². The fourth-order valence-electron chi connectivity index (χ4n) is 3.82. The van der Waals surface area contributed by atoms with Gasteiger partial charge in [-0.2, -0.15) is 0 Å². The zero-order valence-corrected chi connectivity index (χ0v) is 12.9. The van der Waals surface area contributed by atoms with E-state index in [9.17, 15) is 0 Å². The first-order valence-electron chi connectivity index (χ1n) is 8.32. The van der Waals surface area contributed by atoms with Crippen LogP contribution in [0.25, 0.3) is 0 Å². The average Bonchev–Trinajstić information content (AvgIpc) is 2.98. The minimum Gasteiger partial charge on any atom is -0.381 e. The number of ether oxygens (including phenoxy) is 1. The van der Waals surface area contributed by atoms with Crippen molar-refractivity contribution in [2.24, 2.45) is 5.41 Å². The molecule has 1 saturated carbocycles. The van der Waals surface area contributed by atoms with E-state index in [1.54, 1.807) is 0 Å². The molecule has 1 saturated heterocycles. The summed E-state index contributed by atoms with van der Waals surface area (Å²) in [6.45, 7) is 11.0. The summed E-state index contributed by atoms with van der Waals surface area (Å²) in [5.74, 6) is 0. The number of hydrogen-bond acceptors (Lipinski definition) is 3. The lowest BCUT2D eigenvalue weighted by molar-refractivity contribution is -0.0315. The summed E-state index contributed by atoms with van der Waals surface area (Å²) in [5.41, 5.74) is 0.354. The Bertz CT molecular complexity index is 245. The van der Waals surface area contributed by atoms with E-state index in [0.717, 1.165) is 32.3 Å². The normalized spacial score (nSPS) is 29.2. The molecule has 1 aliphatic heterocycles. The fourth-order valence-corrected chi connectivity index (χ4v) is 3.82. The molecule has 1 N–H and O–H groups in total. The highest BCUT2D eigenvalue weighted by molar-refractivity contribution is 4.89. The molecular formula is C16H32N2O. The molecule has 19 heavy (non-hydrogen) atoms. The van der Waals surface area contributed by atoms with Crippen LogP contribution in [0.3, 0.4) is 0 Å². The van der Waals surface area contributed by atoms with Crippen LogP contribution in [0.5, 0.6) is 0 Å². The molecule has 0 spiro atoms. The highest BCUT2D eigenvalue weighted by atomic mass is 16.5. The summed E-state index contributed by atoms with van der Waals surface area (Å²) in [6, 6.07) is 0.838. The number of rotatable bonds is 7. The Hall–Kier alpha value is -0.120. The lowest BCUT2D eigenvalue weighted by Crippen LogP contribution is -2.51. The van der Waals surface area contributed by atoms with Crippen LogP contribution in [0.15, 0.2) is 0 Å². The molecule has 0 radical (unpaired) electrons. The number of nitrogens with zero attached hydrogens (tertiary/aromatic N) is 1. The van der Waals surface area contributed by atoms with Gasteiger partial charge in [0, 0.05) is 31.2 Å². The largest absolute Gasteiger partial charge is 0.381 e. The molecule has 2 rings (SSSR count).